The highest BCUT2D eigenvalue weighted by Crippen LogP contribution is 2.29. The number of piperidine rings is 1. The Kier molecular flexibility index (Phi) is 4.57. The quantitative estimate of drug-likeness (QED) is 0.927. The summed E-state index contributed by atoms with van der Waals surface area (Å²) in [5.41, 5.74) is 8.26. The normalized spacial score (nSPS) is 25.6. The van der Waals surface area contributed by atoms with E-state index in [4.69, 9.17) is 5.73 Å². The van der Waals surface area contributed by atoms with E-state index in [1.807, 2.05) is 13.0 Å². The van der Waals surface area contributed by atoms with Crippen LogP contribution in [-0.2, 0) is 0 Å². The van der Waals surface area contributed by atoms with Crippen LogP contribution < -0.4 is 5.73 Å². The fourth-order valence-corrected chi connectivity index (χ4v) is 3.95. The van der Waals surface area contributed by atoms with Crippen molar-refractivity contribution in [3.05, 3.63) is 35.1 Å². The maximum absolute atomic E-state index is 13.3. The largest absolute Gasteiger partial charge is 0.329 e. The minimum atomic E-state index is -0.163. The number of rotatable bonds is 3. The van der Waals surface area contributed by atoms with Crippen LogP contribution in [0.2, 0.25) is 0 Å². The maximum Gasteiger partial charge on any atom is 0.123 e. The van der Waals surface area contributed by atoms with Gasteiger partial charge in [0.1, 0.15) is 5.82 Å². The monoisotopic (exact) mass is 291 g/mol. The van der Waals surface area contributed by atoms with E-state index in [1.165, 1.54) is 31.4 Å². The molecule has 2 fully saturated rings. The average Bonchev–Trinajstić information content (AvgIpc) is 2.50. The summed E-state index contributed by atoms with van der Waals surface area (Å²) >= 11 is 0. The average molecular weight is 291 g/mol. The molecule has 2 unspecified atom stereocenters. The molecule has 4 heteroatoms. The van der Waals surface area contributed by atoms with Crippen LogP contribution in [-0.4, -0.2) is 48.6 Å². The molecule has 2 saturated heterocycles. The van der Waals surface area contributed by atoms with Crippen molar-refractivity contribution in [3.8, 4) is 0 Å². The van der Waals surface area contributed by atoms with Crippen molar-refractivity contribution >= 4 is 0 Å². The van der Waals surface area contributed by atoms with E-state index in [0.717, 1.165) is 25.2 Å². The Hall–Kier alpha value is -0.970. The van der Waals surface area contributed by atoms with Crippen molar-refractivity contribution < 1.29 is 4.39 Å². The predicted molar refractivity (Wildman–Crippen MR) is 83.7 cm³/mol. The number of benzene rings is 1. The number of nitrogens with two attached hydrogens (primary N) is 1. The molecule has 0 saturated carbocycles. The van der Waals surface area contributed by atoms with Gasteiger partial charge < -0.3 is 5.73 Å². The predicted octanol–water partition coefficient (Wildman–Crippen LogP) is 2.30. The van der Waals surface area contributed by atoms with Crippen molar-refractivity contribution in [2.75, 3.05) is 32.7 Å². The first-order chi connectivity index (χ1) is 10.2. The molecule has 0 amide bonds. The highest BCUT2D eigenvalue weighted by atomic mass is 19.1. The Bertz CT molecular complexity index is 491. The highest BCUT2D eigenvalue weighted by molar-refractivity contribution is 5.30. The Labute approximate surface area is 126 Å². The summed E-state index contributed by atoms with van der Waals surface area (Å²) in [7, 11) is 0. The Morgan fingerprint density at radius 3 is 2.90 bits per heavy atom. The van der Waals surface area contributed by atoms with E-state index in [1.54, 1.807) is 12.1 Å². The number of nitrogens with zero attached hydrogens (tertiary/aromatic N) is 2. The molecule has 0 aliphatic carbocycles. The van der Waals surface area contributed by atoms with Gasteiger partial charge in [0.05, 0.1) is 0 Å². The second kappa shape index (κ2) is 6.42. The Morgan fingerprint density at radius 2 is 2.14 bits per heavy atom. The highest BCUT2D eigenvalue weighted by Gasteiger charge is 2.32. The van der Waals surface area contributed by atoms with Crippen LogP contribution in [0, 0.1) is 12.7 Å². The second-order valence-electron chi connectivity index (χ2n) is 6.43. The van der Waals surface area contributed by atoms with Crippen LogP contribution in [0.5, 0.6) is 0 Å². The number of hydrogen-bond acceptors (Lipinski definition) is 3. The Balaban J connectivity index is 1.77. The first-order valence-corrected chi connectivity index (χ1v) is 8.13. The summed E-state index contributed by atoms with van der Waals surface area (Å²) < 4.78 is 13.3. The molecule has 2 heterocycles. The third kappa shape index (κ3) is 3.12. The zero-order valence-corrected chi connectivity index (χ0v) is 12.9. The lowest BCUT2D eigenvalue weighted by atomic mass is 9.95. The molecule has 116 valence electrons. The van der Waals surface area contributed by atoms with Gasteiger partial charge in [-0.05, 0) is 49.6 Å². The first kappa shape index (κ1) is 14.9. The van der Waals surface area contributed by atoms with Crippen LogP contribution in [0.1, 0.15) is 36.4 Å². The molecule has 21 heavy (non-hydrogen) atoms. The van der Waals surface area contributed by atoms with E-state index in [0.29, 0.717) is 12.6 Å². The molecule has 2 aliphatic rings. The number of hydrogen-bond donors (Lipinski definition) is 1. The molecular formula is C17H26FN3. The van der Waals surface area contributed by atoms with Gasteiger partial charge in [0.2, 0.25) is 0 Å². The molecule has 1 aromatic rings. The zero-order chi connectivity index (χ0) is 14.8. The Morgan fingerprint density at radius 1 is 1.29 bits per heavy atom. The van der Waals surface area contributed by atoms with Gasteiger partial charge in [0.25, 0.3) is 0 Å². The van der Waals surface area contributed by atoms with Crippen LogP contribution >= 0.6 is 0 Å². The summed E-state index contributed by atoms with van der Waals surface area (Å²) in [5, 5.41) is 0. The van der Waals surface area contributed by atoms with Gasteiger partial charge in [-0.25, -0.2) is 4.39 Å². The number of piperazine rings is 1. The summed E-state index contributed by atoms with van der Waals surface area (Å²) in [6, 6.07) is 5.99. The van der Waals surface area contributed by atoms with Gasteiger partial charge in [-0.3, -0.25) is 9.80 Å². The number of aryl methyl sites for hydroxylation is 1. The molecule has 2 aliphatic heterocycles. The summed E-state index contributed by atoms with van der Waals surface area (Å²) in [5.74, 6) is -0.163. The molecule has 0 bridgehead atoms. The molecule has 0 radical (unpaired) electrons. The second-order valence-corrected chi connectivity index (χ2v) is 6.43. The molecule has 2 N–H and O–H groups in total. The lowest BCUT2D eigenvalue weighted by Gasteiger charge is -2.46. The zero-order valence-electron chi connectivity index (χ0n) is 12.9. The topological polar surface area (TPSA) is 32.5 Å². The first-order valence-electron chi connectivity index (χ1n) is 8.13. The summed E-state index contributed by atoms with van der Waals surface area (Å²) in [6.07, 6.45) is 3.99. The molecular weight excluding hydrogens is 265 g/mol. The third-order valence-electron chi connectivity index (χ3n) is 5.12. The van der Waals surface area contributed by atoms with Crippen LogP contribution in [0.15, 0.2) is 18.2 Å². The molecule has 1 aromatic carbocycles. The standard InChI is InChI=1S/C17H26FN3/c1-13-10-14(18)5-6-16(13)17(11-19)21-9-8-20-7-3-2-4-15(20)12-21/h5-6,10,15,17H,2-4,7-9,11-12,19H2,1H3. The van der Waals surface area contributed by atoms with Crippen molar-refractivity contribution in [2.24, 2.45) is 5.73 Å². The fraction of sp³-hybridized carbons (Fsp3) is 0.647. The third-order valence-corrected chi connectivity index (χ3v) is 5.12. The van der Waals surface area contributed by atoms with Crippen LogP contribution in [0.3, 0.4) is 0 Å². The van der Waals surface area contributed by atoms with Crippen LogP contribution in [0.25, 0.3) is 0 Å². The van der Waals surface area contributed by atoms with Crippen molar-refractivity contribution in [1.82, 2.24) is 9.80 Å². The van der Waals surface area contributed by atoms with E-state index in [9.17, 15) is 4.39 Å². The van der Waals surface area contributed by atoms with Gasteiger partial charge in [-0.1, -0.05) is 12.5 Å². The van der Waals surface area contributed by atoms with E-state index in [-0.39, 0.29) is 11.9 Å². The van der Waals surface area contributed by atoms with E-state index < -0.39 is 0 Å². The van der Waals surface area contributed by atoms with E-state index >= 15 is 0 Å². The molecule has 2 atom stereocenters. The van der Waals surface area contributed by atoms with E-state index in [2.05, 4.69) is 9.80 Å². The molecule has 3 nitrogen and oxygen atoms in total. The lowest BCUT2D eigenvalue weighted by molar-refractivity contribution is 0.0285. The summed E-state index contributed by atoms with van der Waals surface area (Å²) in [6.45, 7) is 7.13. The van der Waals surface area contributed by atoms with Gasteiger partial charge in [0, 0.05) is 38.3 Å². The van der Waals surface area contributed by atoms with Gasteiger partial charge in [-0.15, -0.1) is 0 Å². The molecule has 0 spiro atoms. The molecule has 3 rings (SSSR count). The SMILES string of the molecule is Cc1cc(F)ccc1C(CN)N1CCN2CCCCC2C1. The minimum Gasteiger partial charge on any atom is -0.329 e. The lowest BCUT2D eigenvalue weighted by Crippen LogP contribution is -2.56. The summed E-state index contributed by atoms with van der Waals surface area (Å²) in [4.78, 5) is 5.14. The maximum atomic E-state index is 13.3. The number of fused-ring (bicyclic) bond motifs is 1. The molecule has 0 aromatic heterocycles. The fourth-order valence-electron chi connectivity index (χ4n) is 3.95. The minimum absolute atomic E-state index is 0.163. The van der Waals surface area contributed by atoms with Crippen molar-refractivity contribution in [1.29, 1.82) is 0 Å². The van der Waals surface area contributed by atoms with Crippen LogP contribution in [0.4, 0.5) is 4.39 Å². The smallest absolute Gasteiger partial charge is 0.123 e. The van der Waals surface area contributed by atoms with Crippen molar-refractivity contribution in [2.45, 2.75) is 38.3 Å². The number of halogens is 1. The van der Waals surface area contributed by atoms with Gasteiger partial charge in [-0.2, -0.15) is 0 Å². The van der Waals surface area contributed by atoms with Gasteiger partial charge >= 0.3 is 0 Å². The van der Waals surface area contributed by atoms with Gasteiger partial charge in [0.15, 0.2) is 0 Å². The van der Waals surface area contributed by atoms with Crippen molar-refractivity contribution in [3.63, 3.8) is 0 Å².